The molecule has 0 radical (unpaired) electrons. The zero-order chi connectivity index (χ0) is 14.1. The van der Waals surface area contributed by atoms with Crippen molar-refractivity contribution in [3.8, 4) is 0 Å². The highest BCUT2D eigenvalue weighted by atomic mass is 16.4. The van der Waals surface area contributed by atoms with Gasteiger partial charge in [0.05, 0.1) is 0 Å². The molecule has 0 saturated carbocycles. The minimum absolute atomic E-state index is 0.0736. The van der Waals surface area contributed by atoms with Crippen molar-refractivity contribution in [1.82, 2.24) is 10.2 Å². The van der Waals surface area contributed by atoms with Gasteiger partial charge in [0.25, 0.3) is 0 Å². The number of nitrogens with zero attached hydrogens (tertiary/aromatic N) is 1. The number of nitrogens with one attached hydrogen (secondary N) is 1. The zero-order valence-corrected chi connectivity index (χ0v) is 11.9. The average Bonchev–Trinajstić information content (AvgIpc) is 2.34. The van der Waals surface area contributed by atoms with Crippen molar-refractivity contribution < 1.29 is 14.7 Å². The maximum absolute atomic E-state index is 11.8. The van der Waals surface area contributed by atoms with Gasteiger partial charge in [-0.05, 0) is 12.3 Å². The third kappa shape index (κ3) is 5.89. The molecule has 0 rings (SSSR count). The number of aliphatic carboxylic acids is 1. The number of unbranched alkanes of at least 4 members (excludes halogenated alkanes) is 2. The van der Waals surface area contributed by atoms with Gasteiger partial charge in [-0.2, -0.15) is 0 Å². The number of hydrogen-bond acceptors (Lipinski definition) is 2. The van der Waals surface area contributed by atoms with Gasteiger partial charge < -0.3 is 15.3 Å². The highest BCUT2D eigenvalue weighted by Gasteiger charge is 2.26. The molecule has 0 aromatic carbocycles. The fourth-order valence-corrected chi connectivity index (χ4v) is 1.63. The lowest BCUT2D eigenvalue weighted by Crippen LogP contribution is -2.49. The first-order valence-electron chi connectivity index (χ1n) is 6.68. The highest BCUT2D eigenvalue weighted by molar-refractivity contribution is 5.82. The summed E-state index contributed by atoms with van der Waals surface area (Å²) in [5, 5.41) is 11.7. The Balaban J connectivity index is 4.28. The van der Waals surface area contributed by atoms with E-state index in [-0.39, 0.29) is 11.9 Å². The Morgan fingerprint density at radius 1 is 1.28 bits per heavy atom. The first-order chi connectivity index (χ1) is 8.43. The summed E-state index contributed by atoms with van der Waals surface area (Å²) in [6, 6.07) is -1.12. The molecule has 1 unspecified atom stereocenters. The predicted octanol–water partition coefficient (Wildman–Crippen LogP) is 2.32. The molecular formula is C13H26N2O3. The van der Waals surface area contributed by atoms with Crippen molar-refractivity contribution in [1.29, 1.82) is 0 Å². The number of carbonyl (C=O) groups excluding carboxylic acids is 1. The van der Waals surface area contributed by atoms with Crippen LogP contribution in [0.15, 0.2) is 0 Å². The number of amides is 2. The van der Waals surface area contributed by atoms with Gasteiger partial charge in [-0.25, -0.2) is 9.59 Å². The van der Waals surface area contributed by atoms with Gasteiger partial charge in [0, 0.05) is 13.6 Å². The number of urea groups is 1. The molecule has 0 aliphatic rings. The largest absolute Gasteiger partial charge is 0.480 e. The van der Waals surface area contributed by atoms with Crippen molar-refractivity contribution >= 4 is 12.0 Å². The number of hydrogen-bond donors (Lipinski definition) is 2. The van der Waals surface area contributed by atoms with Crippen LogP contribution in [0.2, 0.25) is 0 Å². The quantitative estimate of drug-likeness (QED) is 0.656. The molecule has 0 aliphatic heterocycles. The van der Waals surface area contributed by atoms with Crippen LogP contribution in [-0.4, -0.2) is 41.6 Å². The Bertz CT molecular complexity index is 269. The molecule has 0 heterocycles. The molecule has 5 heteroatoms. The molecule has 2 amide bonds. The van der Waals surface area contributed by atoms with E-state index in [1.165, 1.54) is 0 Å². The van der Waals surface area contributed by atoms with E-state index in [0.717, 1.165) is 25.7 Å². The normalized spacial score (nSPS) is 13.8. The lowest BCUT2D eigenvalue weighted by Gasteiger charge is -2.24. The van der Waals surface area contributed by atoms with E-state index in [4.69, 9.17) is 5.11 Å². The fraction of sp³-hybridized carbons (Fsp3) is 0.846. The van der Waals surface area contributed by atoms with Crippen LogP contribution in [0.3, 0.4) is 0 Å². The topological polar surface area (TPSA) is 69.6 Å². The zero-order valence-electron chi connectivity index (χ0n) is 11.9. The SMILES string of the molecule is CCCCCN(C)C(=O)N[C@H](C(=O)O)C(C)CC. The Kier molecular flexibility index (Phi) is 8.16. The van der Waals surface area contributed by atoms with Crippen LogP contribution in [0, 0.1) is 5.92 Å². The van der Waals surface area contributed by atoms with E-state index in [1.807, 2.05) is 13.8 Å². The van der Waals surface area contributed by atoms with Crippen LogP contribution in [0.1, 0.15) is 46.5 Å². The molecular weight excluding hydrogens is 232 g/mol. The van der Waals surface area contributed by atoms with Crippen molar-refractivity contribution in [2.75, 3.05) is 13.6 Å². The van der Waals surface area contributed by atoms with Gasteiger partial charge in [0.1, 0.15) is 6.04 Å². The molecule has 2 N–H and O–H groups in total. The molecule has 2 atom stereocenters. The Labute approximate surface area is 110 Å². The van der Waals surface area contributed by atoms with Crippen LogP contribution < -0.4 is 5.32 Å². The molecule has 0 fully saturated rings. The Morgan fingerprint density at radius 2 is 1.89 bits per heavy atom. The lowest BCUT2D eigenvalue weighted by molar-refractivity contribution is -0.140. The fourth-order valence-electron chi connectivity index (χ4n) is 1.63. The third-order valence-electron chi connectivity index (χ3n) is 3.20. The number of carbonyl (C=O) groups is 2. The van der Waals surface area contributed by atoms with Gasteiger partial charge in [-0.3, -0.25) is 0 Å². The van der Waals surface area contributed by atoms with Crippen LogP contribution in [0.5, 0.6) is 0 Å². The maximum Gasteiger partial charge on any atom is 0.326 e. The van der Waals surface area contributed by atoms with Crippen molar-refractivity contribution in [2.24, 2.45) is 5.92 Å². The Morgan fingerprint density at radius 3 is 2.33 bits per heavy atom. The summed E-state index contributed by atoms with van der Waals surface area (Å²) in [6.45, 7) is 6.50. The van der Waals surface area contributed by atoms with Gasteiger partial charge in [-0.15, -0.1) is 0 Å². The molecule has 0 saturated heterocycles. The minimum Gasteiger partial charge on any atom is -0.480 e. The van der Waals surface area contributed by atoms with Gasteiger partial charge >= 0.3 is 12.0 Å². The summed E-state index contributed by atoms with van der Waals surface area (Å²) in [4.78, 5) is 24.5. The van der Waals surface area contributed by atoms with Crippen molar-refractivity contribution in [2.45, 2.75) is 52.5 Å². The summed E-state index contributed by atoms with van der Waals surface area (Å²) in [5.74, 6) is -1.05. The smallest absolute Gasteiger partial charge is 0.326 e. The monoisotopic (exact) mass is 258 g/mol. The molecule has 0 aromatic rings. The second kappa shape index (κ2) is 8.78. The summed E-state index contributed by atoms with van der Waals surface area (Å²) < 4.78 is 0. The lowest BCUT2D eigenvalue weighted by atomic mass is 9.99. The Hall–Kier alpha value is -1.26. The molecule has 0 bridgehead atoms. The molecule has 18 heavy (non-hydrogen) atoms. The van der Waals surface area contributed by atoms with E-state index in [9.17, 15) is 9.59 Å². The summed E-state index contributed by atoms with van der Waals surface area (Å²) in [7, 11) is 1.69. The van der Waals surface area contributed by atoms with E-state index < -0.39 is 12.0 Å². The van der Waals surface area contributed by atoms with E-state index in [2.05, 4.69) is 12.2 Å². The van der Waals surface area contributed by atoms with Gasteiger partial charge in [0.2, 0.25) is 0 Å². The molecule has 106 valence electrons. The van der Waals surface area contributed by atoms with Crippen LogP contribution >= 0.6 is 0 Å². The number of carboxylic acids is 1. The van der Waals surface area contributed by atoms with E-state index in [0.29, 0.717) is 6.54 Å². The van der Waals surface area contributed by atoms with Crippen molar-refractivity contribution in [3.05, 3.63) is 0 Å². The number of rotatable bonds is 8. The summed E-state index contributed by atoms with van der Waals surface area (Å²) in [6.07, 6.45) is 3.84. The molecule has 5 nitrogen and oxygen atoms in total. The average molecular weight is 258 g/mol. The molecule has 0 aromatic heterocycles. The second-order valence-electron chi connectivity index (χ2n) is 4.78. The van der Waals surface area contributed by atoms with E-state index in [1.54, 1.807) is 11.9 Å². The molecule has 0 spiro atoms. The van der Waals surface area contributed by atoms with Gasteiger partial charge in [-0.1, -0.05) is 40.0 Å². The maximum atomic E-state index is 11.8. The van der Waals surface area contributed by atoms with Crippen molar-refractivity contribution in [3.63, 3.8) is 0 Å². The molecule has 0 aliphatic carbocycles. The van der Waals surface area contributed by atoms with Crippen LogP contribution in [-0.2, 0) is 4.79 Å². The first-order valence-corrected chi connectivity index (χ1v) is 6.68. The highest BCUT2D eigenvalue weighted by Crippen LogP contribution is 2.08. The van der Waals surface area contributed by atoms with E-state index >= 15 is 0 Å². The first kappa shape index (κ1) is 16.7. The summed E-state index contributed by atoms with van der Waals surface area (Å²) in [5.41, 5.74) is 0. The van der Waals surface area contributed by atoms with Gasteiger partial charge in [0.15, 0.2) is 0 Å². The van der Waals surface area contributed by atoms with Crippen LogP contribution in [0.25, 0.3) is 0 Å². The standard InChI is InChI=1S/C13H26N2O3/c1-5-7-8-9-15(4)13(18)14-11(12(16)17)10(3)6-2/h10-11H,5-9H2,1-4H3,(H,14,18)(H,16,17)/t10?,11-/m0/s1. The second-order valence-corrected chi connectivity index (χ2v) is 4.78. The minimum atomic E-state index is -0.973. The predicted molar refractivity (Wildman–Crippen MR) is 71.6 cm³/mol. The third-order valence-corrected chi connectivity index (χ3v) is 3.20. The summed E-state index contributed by atoms with van der Waals surface area (Å²) >= 11 is 0. The number of carboxylic acid groups (broad SMARTS) is 1. The van der Waals surface area contributed by atoms with Crippen LogP contribution in [0.4, 0.5) is 4.79 Å².